The highest BCUT2D eigenvalue weighted by molar-refractivity contribution is 7.19. The van der Waals surface area contributed by atoms with Crippen LogP contribution in [-0.2, 0) is 11.3 Å². The van der Waals surface area contributed by atoms with Gasteiger partial charge < -0.3 is 14.7 Å². The Labute approximate surface area is 118 Å². The zero-order chi connectivity index (χ0) is 13.0. The van der Waals surface area contributed by atoms with Crippen molar-refractivity contribution >= 4 is 39.0 Å². The number of hydrogen-bond acceptors (Lipinski definition) is 6. The number of aromatic nitrogens is 2. The van der Waals surface area contributed by atoms with E-state index in [-0.39, 0.29) is 11.9 Å². The van der Waals surface area contributed by atoms with E-state index in [1.54, 1.807) is 0 Å². The molecule has 0 radical (unpaired) electrons. The molecule has 2 aliphatic rings. The van der Waals surface area contributed by atoms with Gasteiger partial charge in [-0.15, -0.1) is 11.3 Å². The van der Waals surface area contributed by atoms with E-state index in [4.69, 9.17) is 16.3 Å². The molecule has 2 aromatic heterocycles. The fraction of sp³-hybridized carbons (Fsp3) is 0.500. The highest BCUT2D eigenvalue weighted by Gasteiger charge is 2.40. The fourth-order valence-corrected chi connectivity index (χ4v) is 4.00. The molecule has 0 saturated carbocycles. The van der Waals surface area contributed by atoms with Gasteiger partial charge in [0.25, 0.3) is 0 Å². The molecule has 0 amide bonds. The standard InChI is InChI=1S/C12H12ClN3O2S/c13-12-14-9-2-8(4-17)19-10(9)11(15-12)16-3-7-1-6(16)5-18-7/h2,6-7,17H,1,3-5H2. The van der Waals surface area contributed by atoms with Crippen LogP contribution in [0.2, 0.25) is 5.28 Å². The van der Waals surface area contributed by atoms with Crippen LogP contribution in [0.25, 0.3) is 10.2 Å². The van der Waals surface area contributed by atoms with Gasteiger partial charge >= 0.3 is 0 Å². The number of rotatable bonds is 2. The Morgan fingerprint density at radius 1 is 1.53 bits per heavy atom. The van der Waals surface area contributed by atoms with E-state index in [1.165, 1.54) is 11.3 Å². The van der Waals surface area contributed by atoms with Crippen LogP contribution in [-0.4, -0.2) is 40.4 Å². The first-order chi connectivity index (χ1) is 9.24. The normalized spacial score (nSPS) is 25.7. The van der Waals surface area contributed by atoms with Gasteiger partial charge in [0.15, 0.2) is 5.82 Å². The zero-order valence-electron chi connectivity index (χ0n) is 10.0. The van der Waals surface area contributed by atoms with Crippen LogP contribution >= 0.6 is 22.9 Å². The average molecular weight is 298 g/mol. The molecule has 2 atom stereocenters. The van der Waals surface area contributed by atoms with E-state index in [0.717, 1.165) is 40.5 Å². The van der Waals surface area contributed by atoms with Gasteiger partial charge in [-0.3, -0.25) is 0 Å². The topological polar surface area (TPSA) is 58.5 Å². The van der Waals surface area contributed by atoms with Crippen molar-refractivity contribution in [2.45, 2.75) is 25.2 Å². The summed E-state index contributed by atoms with van der Waals surface area (Å²) < 4.78 is 6.62. The number of halogens is 1. The molecule has 100 valence electrons. The molecule has 2 bridgehead atoms. The molecular weight excluding hydrogens is 286 g/mol. The number of hydrogen-bond donors (Lipinski definition) is 1. The van der Waals surface area contributed by atoms with Crippen molar-refractivity contribution < 1.29 is 9.84 Å². The Morgan fingerprint density at radius 2 is 2.42 bits per heavy atom. The first kappa shape index (κ1) is 11.8. The molecule has 4 rings (SSSR count). The molecule has 2 fully saturated rings. The van der Waals surface area contributed by atoms with E-state index in [0.29, 0.717) is 12.1 Å². The molecule has 7 heteroatoms. The van der Waals surface area contributed by atoms with Gasteiger partial charge in [-0.1, -0.05) is 0 Å². The lowest BCUT2D eigenvalue weighted by Gasteiger charge is -2.28. The van der Waals surface area contributed by atoms with Crippen molar-refractivity contribution in [2.24, 2.45) is 0 Å². The second-order valence-corrected chi connectivity index (χ2v) is 6.37. The highest BCUT2D eigenvalue weighted by Crippen LogP contribution is 2.38. The summed E-state index contributed by atoms with van der Waals surface area (Å²) in [7, 11) is 0. The van der Waals surface area contributed by atoms with Crippen LogP contribution in [0.3, 0.4) is 0 Å². The number of fused-ring (bicyclic) bond motifs is 3. The molecular formula is C12H12ClN3O2S. The first-order valence-electron chi connectivity index (χ1n) is 6.19. The predicted molar refractivity (Wildman–Crippen MR) is 73.8 cm³/mol. The van der Waals surface area contributed by atoms with Crippen molar-refractivity contribution in [1.29, 1.82) is 0 Å². The summed E-state index contributed by atoms with van der Waals surface area (Å²) in [6.07, 6.45) is 1.37. The number of aliphatic hydroxyl groups is 1. The Balaban J connectivity index is 1.86. The number of thiophene rings is 1. The molecule has 2 aromatic rings. The second kappa shape index (κ2) is 4.28. The molecule has 2 saturated heterocycles. The molecule has 2 aliphatic heterocycles. The summed E-state index contributed by atoms with van der Waals surface area (Å²) in [5.74, 6) is 0.885. The summed E-state index contributed by atoms with van der Waals surface area (Å²) in [5.41, 5.74) is 0.813. The minimum atomic E-state index is 0.0211. The van der Waals surface area contributed by atoms with Gasteiger partial charge in [0.1, 0.15) is 0 Å². The first-order valence-corrected chi connectivity index (χ1v) is 7.39. The molecule has 0 aliphatic carbocycles. The third-order valence-corrected chi connectivity index (χ3v) is 4.98. The number of anilines is 1. The van der Waals surface area contributed by atoms with E-state index in [9.17, 15) is 5.11 Å². The molecule has 0 aromatic carbocycles. The lowest BCUT2D eigenvalue weighted by Crippen LogP contribution is -2.37. The smallest absolute Gasteiger partial charge is 0.224 e. The summed E-state index contributed by atoms with van der Waals surface area (Å²) in [6.45, 7) is 1.64. The number of nitrogens with zero attached hydrogens (tertiary/aromatic N) is 3. The Hall–Kier alpha value is -0.950. The molecule has 4 heterocycles. The number of morpholine rings is 1. The molecule has 19 heavy (non-hydrogen) atoms. The number of aliphatic hydroxyl groups excluding tert-OH is 1. The Morgan fingerprint density at radius 3 is 3.11 bits per heavy atom. The monoisotopic (exact) mass is 297 g/mol. The summed E-state index contributed by atoms with van der Waals surface area (Å²) in [6, 6.07) is 2.26. The van der Waals surface area contributed by atoms with E-state index in [2.05, 4.69) is 14.9 Å². The lowest BCUT2D eigenvalue weighted by atomic mass is 10.2. The van der Waals surface area contributed by atoms with E-state index in [1.807, 2.05) is 6.07 Å². The quantitative estimate of drug-likeness (QED) is 0.857. The number of ether oxygens (including phenoxy) is 1. The maximum atomic E-state index is 9.27. The van der Waals surface area contributed by atoms with Crippen molar-refractivity contribution in [3.8, 4) is 0 Å². The second-order valence-electron chi connectivity index (χ2n) is 4.90. The van der Waals surface area contributed by atoms with Crippen molar-refractivity contribution in [3.63, 3.8) is 0 Å². The van der Waals surface area contributed by atoms with Crippen LogP contribution in [0.1, 0.15) is 11.3 Å². The minimum absolute atomic E-state index is 0.0211. The van der Waals surface area contributed by atoms with Crippen molar-refractivity contribution in [1.82, 2.24) is 9.97 Å². The summed E-state index contributed by atoms with van der Waals surface area (Å²) >= 11 is 7.55. The van der Waals surface area contributed by atoms with Gasteiger partial charge in [0.05, 0.1) is 35.6 Å². The summed E-state index contributed by atoms with van der Waals surface area (Å²) in [5, 5.41) is 9.52. The van der Waals surface area contributed by atoms with Crippen molar-refractivity contribution in [2.75, 3.05) is 18.1 Å². The van der Waals surface area contributed by atoms with Gasteiger partial charge in [-0.25, -0.2) is 4.98 Å². The van der Waals surface area contributed by atoms with Crippen LogP contribution in [0.4, 0.5) is 5.82 Å². The zero-order valence-corrected chi connectivity index (χ0v) is 11.6. The summed E-state index contributed by atoms with van der Waals surface area (Å²) in [4.78, 5) is 11.8. The van der Waals surface area contributed by atoms with Gasteiger partial charge in [-0.05, 0) is 24.1 Å². The third kappa shape index (κ3) is 1.82. The van der Waals surface area contributed by atoms with Gasteiger partial charge in [0.2, 0.25) is 5.28 Å². The Kier molecular flexibility index (Phi) is 2.66. The fourth-order valence-electron chi connectivity index (χ4n) is 2.87. The van der Waals surface area contributed by atoms with Crippen LogP contribution in [0.5, 0.6) is 0 Å². The third-order valence-electron chi connectivity index (χ3n) is 3.71. The minimum Gasteiger partial charge on any atom is -0.391 e. The van der Waals surface area contributed by atoms with Crippen molar-refractivity contribution in [3.05, 3.63) is 16.2 Å². The Bertz CT molecular complexity index is 647. The average Bonchev–Trinajstić information content (AvgIpc) is 3.11. The van der Waals surface area contributed by atoms with Crippen LogP contribution < -0.4 is 4.90 Å². The van der Waals surface area contributed by atoms with E-state index < -0.39 is 0 Å². The van der Waals surface area contributed by atoms with E-state index >= 15 is 0 Å². The maximum Gasteiger partial charge on any atom is 0.224 e. The highest BCUT2D eigenvalue weighted by atomic mass is 35.5. The van der Waals surface area contributed by atoms with Gasteiger partial charge in [-0.2, -0.15) is 4.98 Å². The molecule has 1 N–H and O–H groups in total. The van der Waals surface area contributed by atoms with Crippen LogP contribution in [0.15, 0.2) is 6.07 Å². The predicted octanol–water partition coefficient (Wildman–Crippen LogP) is 1.81. The van der Waals surface area contributed by atoms with Crippen LogP contribution in [0, 0.1) is 0 Å². The molecule has 5 nitrogen and oxygen atoms in total. The molecule has 0 spiro atoms. The SMILES string of the molecule is OCc1cc2nc(Cl)nc(N3CC4CC3CO4)c2s1. The lowest BCUT2D eigenvalue weighted by molar-refractivity contribution is 0.0990. The largest absolute Gasteiger partial charge is 0.391 e. The molecule has 2 unspecified atom stereocenters. The maximum absolute atomic E-state index is 9.27. The van der Waals surface area contributed by atoms with Gasteiger partial charge in [0, 0.05) is 11.4 Å².